The van der Waals surface area contributed by atoms with Crippen molar-refractivity contribution in [2.45, 2.75) is 18.9 Å². The summed E-state index contributed by atoms with van der Waals surface area (Å²) in [6.45, 7) is 2.31. The molecule has 0 aromatic heterocycles. The summed E-state index contributed by atoms with van der Waals surface area (Å²) in [6.07, 6.45) is 2.13. The predicted molar refractivity (Wildman–Crippen MR) is 88.3 cm³/mol. The van der Waals surface area contributed by atoms with Crippen LogP contribution in [0.2, 0.25) is 0 Å². The summed E-state index contributed by atoms with van der Waals surface area (Å²) in [7, 11) is 0. The van der Waals surface area contributed by atoms with Crippen LogP contribution in [0.1, 0.15) is 18.4 Å². The fourth-order valence-corrected chi connectivity index (χ4v) is 2.98. The summed E-state index contributed by atoms with van der Waals surface area (Å²) in [4.78, 5) is 2.71. The normalized spacial score (nSPS) is 16.4. The van der Waals surface area contributed by atoms with E-state index in [0.717, 1.165) is 41.7 Å². The van der Waals surface area contributed by atoms with Gasteiger partial charge in [-0.05, 0) is 31.0 Å². The van der Waals surface area contributed by atoms with Crippen LogP contribution >= 0.6 is 28.1 Å². The van der Waals surface area contributed by atoms with Gasteiger partial charge >= 0.3 is 0 Å². The van der Waals surface area contributed by atoms with Gasteiger partial charge in [-0.25, -0.2) is 0 Å². The summed E-state index contributed by atoms with van der Waals surface area (Å²) in [5.74, 6) is 0. The minimum atomic E-state index is 0.0808. The Bertz CT molecular complexity index is 476. The minimum Gasteiger partial charge on any atom is -0.394 e. The second-order valence-electron chi connectivity index (χ2n) is 4.81. The Morgan fingerprint density at radius 1 is 1.45 bits per heavy atom. The van der Waals surface area contributed by atoms with Crippen LogP contribution < -0.4 is 10.6 Å². The van der Waals surface area contributed by atoms with E-state index in [9.17, 15) is 0 Å². The molecule has 0 aliphatic carbocycles. The van der Waals surface area contributed by atoms with Crippen molar-refractivity contribution < 1.29 is 9.84 Å². The molecule has 1 saturated heterocycles. The zero-order valence-electron chi connectivity index (χ0n) is 11.2. The fraction of sp³-hybridized carbons (Fsp3) is 0.500. The largest absolute Gasteiger partial charge is 0.394 e. The number of hydrogen-bond acceptors (Lipinski definition) is 4. The molecule has 1 aromatic carbocycles. The van der Waals surface area contributed by atoms with Gasteiger partial charge in [-0.3, -0.25) is 0 Å². The number of hydrogen-bond donors (Lipinski definition) is 2. The third-order valence-corrected chi connectivity index (χ3v) is 4.17. The highest BCUT2D eigenvalue weighted by atomic mass is 79.9. The molecule has 1 aliphatic heterocycles. The molecule has 110 valence electrons. The van der Waals surface area contributed by atoms with Gasteiger partial charge in [0.15, 0.2) is 0 Å². The zero-order valence-corrected chi connectivity index (χ0v) is 13.6. The smallest absolute Gasteiger partial charge is 0.106 e. The highest BCUT2D eigenvalue weighted by Gasteiger charge is 2.22. The van der Waals surface area contributed by atoms with Crippen molar-refractivity contribution in [3.63, 3.8) is 0 Å². The van der Waals surface area contributed by atoms with Gasteiger partial charge in [0.2, 0.25) is 0 Å². The number of piperidine rings is 1. The predicted octanol–water partition coefficient (Wildman–Crippen LogP) is 2.06. The number of aliphatic hydroxyl groups excluding tert-OH is 1. The van der Waals surface area contributed by atoms with Crippen molar-refractivity contribution in [1.82, 2.24) is 0 Å². The van der Waals surface area contributed by atoms with Crippen LogP contribution in [-0.2, 0) is 4.74 Å². The van der Waals surface area contributed by atoms with Gasteiger partial charge in [-0.1, -0.05) is 28.1 Å². The van der Waals surface area contributed by atoms with Crippen LogP contribution in [0.5, 0.6) is 0 Å². The van der Waals surface area contributed by atoms with E-state index in [1.807, 2.05) is 12.1 Å². The SMILES string of the molecule is NC(=S)c1ccc(Br)cc1N1CCC(OCCO)CC1. The van der Waals surface area contributed by atoms with E-state index in [1.54, 1.807) is 0 Å². The van der Waals surface area contributed by atoms with Gasteiger partial charge in [0, 0.05) is 28.8 Å². The molecule has 4 nitrogen and oxygen atoms in total. The van der Waals surface area contributed by atoms with Gasteiger partial charge in [-0.15, -0.1) is 0 Å². The Balaban J connectivity index is 2.06. The molecule has 6 heteroatoms. The molecule has 0 amide bonds. The van der Waals surface area contributed by atoms with Gasteiger partial charge in [0.25, 0.3) is 0 Å². The van der Waals surface area contributed by atoms with E-state index >= 15 is 0 Å². The molecule has 2 rings (SSSR count). The number of benzene rings is 1. The standard InChI is InChI=1S/C14H19BrN2O2S/c15-10-1-2-12(14(16)20)13(9-10)17-5-3-11(4-6-17)19-8-7-18/h1-2,9,11,18H,3-8H2,(H2,16,20). The van der Waals surface area contributed by atoms with Crippen LogP contribution in [0.3, 0.4) is 0 Å². The van der Waals surface area contributed by atoms with Gasteiger partial charge < -0.3 is 20.5 Å². The summed E-state index contributed by atoms with van der Waals surface area (Å²) in [5.41, 5.74) is 7.79. The van der Waals surface area contributed by atoms with Crippen LogP contribution in [0, 0.1) is 0 Å². The molecule has 0 bridgehead atoms. The third kappa shape index (κ3) is 3.91. The molecule has 0 spiro atoms. The molecule has 0 saturated carbocycles. The fourth-order valence-electron chi connectivity index (χ4n) is 2.46. The molecule has 1 heterocycles. The van der Waals surface area contributed by atoms with Crippen molar-refractivity contribution in [2.24, 2.45) is 5.73 Å². The molecule has 0 radical (unpaired) electrons. The number of halogens is 1. The Kier molecular flexibility index (Phi) is 5.77. The summed E-state index contributed by atoms with van der Waals surface area (Å²) in [6, 6.07) is 5.97. The Morgan fingerprint density at radius 3 is 2.75 bits per heavy atom. The maximum Gasteiger partial charge on any atom is 0.106 e. The second kappa shape index (κ2) is 7.36. The van der Waals surface area contributed by atoms with Crippen LogP contribution in [0.15, 0.2) is 22.7 Å². The highest BCUT2D eigenvalue weighted by molar-refractivity contribution is 9.10. The lowest BCUT2D eigenvalue weighted by atomic mass is 10.0. The number of rotatable bonds is 5. The monoisotopic (exact) mass is 358 g/mol. The van der Waals surface area contributed by atoms with E-state index in [-0.39, 0.29) is 12.7 Å². The maximum absolute atomic E-state index is 8.79. The number of anilines is 1. The summed E-state index contributed by atoms with van der Waals surface area (Å²) < 4.78 is 6.60. The topological polar surface area (TPSA) is 58.7 Å². The Hall–Kier alpha value is -0.690. The third-order valence-electron chi connectivity index (χ3n) is 3.45. The summed E-state index contributed by atoms with van der Waals surface area (Å²) >= 11 is 8.62. The number of nitrogens with zero attached hydrogens (tertiary/aromatic N) is 1. The number of ether oxygens (including phenoxy) is 1. The molecular formula is C14H19BrN2O2S. The lowest BCUT2D eigenvalue weighted by Gasteiger charge is -2.34. The van der Waals surface area contributed by atoms with Crippen molar-refractivity contribution in [3.8, 4) is 0 Å². The lowest BCUT2D eigenvalue weighted by molar-refractivity contribution is 0.0159. The molecular weight excluding hydrogens is 340 g/mol. The van der Waals surface area contributed by atoms with Gasteiger partial charge in [0.05, 0.1) is 19.3 Å². The van der Waals surface area contributed by atoms with Crippen LogP contribution in [0.25, 0.3) is 0 Å². The molecule has 1 fully saturated rings. The molecule has 1 aromatic rings. The average Bonchev–Trinajstić information content (AvgIpc) is 2.45. The van der Waals surface area contributed by atoms with Crippen LogP contribution in [0.4, 0.5) is 5.69 Å². The van der Waals surface area contributed by atoms with E-state index in [2.05, 4.69) is 26.9 Å². The average molecular weight is 359 g/mol. The van der Waals surface area contributed by atoms with Crippen molar-refractivity contribution >= 4 is 38.8 Å². The second-order valence-corrected chi connectivity index (χ2v) is 6.16. The Morgan fingerprint density at radius 2 is 2.15 bits per heavy atom. The van der Waals surface area contributed by atoms with Crippen LogP contribution in [-0.4, -0.2) is 42.5 Å². The first-order chi connectivity index (χ1) is 9.61. The summed E-state index contributed by atoms with van der Waals surface area (Å²) in [5, 5.41) is 8.79. The van der Waals surface area contributed by atoms with Gasteiger partial charge in [0.1, 0.15) is 4.99 Å². The number of thiocarbonyl (C=S) groups is 1. The molecule has 0 unspecified atom stereocenters. The first kappa shape index (κ1) is 15.7. The van der Waals surface area contributed by atoms with Gasteiger partial charge in [-0.2, -0.15) is 0 Å². The Labute approximate surface area is 133 Å². The number of nitrogens with two attached hydrogens (primary N) is 1. The minimum absolute atomic E-state index is 0.0808. The molecule has 0 atom stereocenters. The van der Waals surface area contributed by atoms with E-state index in [4.69, 9.17) is 27.8 Å². The molecule has 3 N–H and O–H groups in total. The van der Waals surface area contributed by atoms with Crippen molar-refractivity contribution in [2.75, 3.05) is 31.2 Å². The first-order valence-corrected chi connectivity index (χ1v) is 7.88. The highest BCUT2D eigenvalue weighted by Crippen LogP contribution is 2.28. The lowest BCUT2D eigenvalue weighted by Crippen LogP contribution is -2.38. The molecule has 20 heavy (non-hydrogen) atoms. The maximum atomic E-state index is 8.79. The number of aliphatic hydroxyl groups is 1. The van der Waals surface area contributed by atoms with E-state index in [1.165, 1.54) is 0 Å². The molecule has 1 aliphatic rings. The zero-order chi connectivity index (χ0) is 14.5. The van der Waals surface area contributed by atoms with Crippen molar-refractivity contribution in [3.05, 3.63) is 28.2 Å². The van der Waals surface area contributed by atoms with E-state index in [0.29, 0.717) is 11.6 Å². The quantitative estimate of drug-likeness (QED) is 0.789. The van der Waals surface area contributed by atoms with Crippen molar-refractivity contribution in [1.29, 1.82) is 0 Å². The van der Waals surface area contributed by atoms with E-state index < -0.39 is 0 Å². The first-order valence-electron chi connectivity index (χ1n) is 6.68.